The molecule has 6 heteroatoms. The normalized spacial score (nSPS) is 11.2. The van der Waals surface area contributed by atoms with Crippen molar-refractivity contribution in [2.45, 2.75) is 6.92 Å². The minimum absolute atomic E-state index is 0.0439. The summed E-state index contributed by atoms with van der Waals surface area (Å²) in [6.45, 7) is 1.95. The second-order valence-corrected chi connectivity index (χ2v) is 4.12. The van der Waals surface area contributed by atoms with Crippen molar-refractivity contribution in [3.05, 3.63) is 40.9 Å². The van der Waals surface area contributed by atoms with Crippen LogP contribution in [0.25, 0.3) is 0 Å². The second-order valence-electron chi connectivity index (χ2n) is 3.15. The Labute approximate surface area is 118 Å². The molecule has 0 unspecified atom stereocenters. The highest BCUT2D eigenvalue weighted by Gasteiger charge is 2.10. The number of benzene rings is 1. The third-order valence-corrected chi connectivity index (χ3v) is 2.70. The number of alkyl halides is 1. The van der Waals surface area contributed by atoms with E-state index in [1.165, 1.54) is 12.1 Å². The van der Waals surface area contributed by atoms with Gasteiger partial charge in [0.2, 0.25) is 0 Å². The predicted molar refractivity (Wildman–Crippen MR) is 70.5 cm³/mol. The van der Waals surface area contributed by atoms with E-state index in [1.54, 1.807) is 13.0 Å². The molecule has 0 bridgehead atoms. The fourth-order valence-electron chi connectivity index (χ4n) is 1.11. The van der Waals surface area contributed by atoms with Crippen molar-refractivity contribution in [3.63, 3.8) is 0 Å². The Hall–Kier alpha value is -1.07. The van der Waals surface area contributed by atoms with Gasteiger partial charge in [-0.15, -0.1) is 0 Å². The third kappa shape index (κ3) is 4.31. The maximum atomic E-state index is 13.6. The molecule has 1 aromatic carbocycles. The summed E-state index contributed by atoms with van der Waals surface area (Å²) < 4.78 is 23.5. The highest BCUT2D eigenvalue weighted by Crippen LogP contribution is 2.25. The molecule has 3 nitrogen and oxygen atoms in total. The Kier molecular flexibility index (Phi) is 6.15. The third-order valence-electron chi connectivity index (χ3n) is 1.85. The highest BCUT2D eigenvalue weighted by atomic mass is 79.9. The zero-order chi connectivity index (χ0) is 13.5. The number of hydrogen-bond acceptors (Lipinski definition) is 3. The quantitative estimate of drug-likeness (QED) is 0.356. The SMILES string of the molecule is CCOC(=O)C=C(CBr)Oc1cccc(Cl)c1F. The van der Waals surface area contributed by atoms with E-state index in [2.05, 4.69) is 15.9 Å². The van der Waals surface area contributed by atoms with E-state index < -0.39 is 11.8 Å². The van der Waals surface area contributed by atoms with Gasteiger partial charge in [0.25, 0.3) is 0 Å². The van der Waals surface area contributed by atoms with Crippen molar-refractivity contribution in [1.82, 2.24) is 0 Å². The molecule has 0 aliphatic heterocycles. The molecule has 0 saturated heterocycles. The van der Waals surface area contributed by atoms with Crippen LogP contribution in [0, 0.1) is 5.82 Å². The number of carbonyl (C=O) groups excluding carboxylic acids is 1. The van der Waals surface area contributed by atoms with Crippen LogP contribution in [0.1, 0.15) is 6.92 Å². The van der Waals surface area contributed by atoms with Crippen LogP contribution in [-0.2, 0) is 9.53 Å². The van der Waals surface area contributed by atoms with Gasteiger partial charge in [-0.2, -0.15) is 0 Å². The Morgan fingerprint density at radius 3 is 2.89 bits per heavy atom. The first-order chi connectivity index (χ1) is 8.58. The molecule has 0 radical (unpaired) electrons. The summed E-state index contributed by atoms with van der Waals surface area (Å²) in [7, 11) is 0. The molecule has 0 spiro atoms. The number of carbonyl (C=O) groups is 1. The maximum absolute atomic E-state index is 13.6. The van der Waals surface area contributed by atoms with Crippen LogP contribution in [0.5, 0.6) is 5.75 Å². The lowest BCUT2D eigenvalue weighted by Gasteiger charge is -2.09. The zero-order valence-corrected chi connectivity index (χ0v) is 11.9. The van der Waals surface area contributed by atoms with Crippen molar-refractivity contribution in [1.29, 1.82) is 0 Å². The van der Waals surface area contributed by atoms with E-state index in [0.29, 0.717) is 0 Å². The van der Waals surface area contributed by atoms with Crippen molar-refractivity contribution < 1.29 is 18.7 Å². The molecule has 0 aliphatic carbocycles. The van der Waals surface area contributed by atoms with E-state index in [4.69, 9.17) is 21.1 Å². The average Bonchev–Trinajstić information content (AvgIpc) is 2.34. The van der Waals surface area contributed by atoms with Gasteiger partial charge in [-0.05, 0) is 19.1 Å². The van der Waals surface area contributed by atoms with Crippen LogP contribution in [-0.4, -0.2) is 17.9 Å². The van der Waals surface area contributed by atoms with Crippen molar-refractivity contribution in [3.8, 4) is 5.75 Å². The molecule has 0 N–H and O–H groups in total. The molecule has 18 heavy (non-hydrogen) atoms. The molecule has 0 heterocycles. The standard InChI is InChI=1S/C12H11BrClFO3/c1-2-17-11(16)6-8(7-13)18-10-5-3-4-9(14)12(10)15/h3-6H,2,7H2,1H3. The van der Waals surface area contributed by atoms with Crippen LogP contribution in [0.2, 0.25) is 5.02 Å². The van der Waals surface area contributed by atoms with Crippen LogP contribution in [0.3, 0.4) is 0 Å². The van der Waals surface area contributed by atoms with Crippen LogP contribution >= 0.6 is 27.5 Å². The summed E-state index contributed by atoms with van der Waals surface area (Å²) >= 11 is 8.76. The summed E-state index contributed by atoms with van der Waals surface area (Å²) in [6.07, 6.45) is 1.15. The minimum Gasteiger partial charge on any atom is -0.463 e. The molecule has 98 valence electrons. The van der Waals surface area contributed by atoms with Gasteiger partial charge in [0.05, 0.1) is 23.0 Å². The Morgan fingerprint density at radius 1 is 1.56 bits per heavy atom. The van der Waals surface area contributed by atoms with Gasteiger partial charge >= 0.3 is 5.97 Å². The predicted octanol–water partition coefficient (Wildman–Crippen LogP) is 3.70. The lowest BCUT2D eigenvalue weighted by atomic mass is 10.3. The molecule has 0 atom stereocenters. The summed E-state index contributed by atoms with van der Waals surface area (Å²) in [5, 5.41) is 0.204. The number of esters is 1. The Balaban J connectivity index is 2.86. The Bertz CT molecular complexity index is 463. The van der Waals surface area contributed by atoms with E-state index in [0.717, 1.165) is 6.08 Å². The van der Waals surface area contributed by atoms with Gasteiger partial charge < -0.3 is 9.47 Å². The number of allylic oxidation sites excluding steroid dienone is 1. The van der Waals surface area contributed by atoms with Crippen LogP contribution < -0.4 is 4.74 Å². The van der Waals surface area contributed by atoms with Gasteiger partial charge in [0.1, 0.15) is 5.76 Å². The van der Waals surface area contributed by atoms with E-state index in [9.17, 15) is 9.18 Å². The van der Waals surface area contributed by atoms with Crippen molar-refractivity contribution >= 4 is 33.5 Å². The number of halogens is 3. The van der Waals surface area contributed by atoms with Gasteiger partial charge in [-0.3, -0.25) is 0 Å². The molecule has 0 fully saturated rings. The van der Waals surface area contributed by atoms with Gasteiger partial charge in [0.15, 0.2) is 11.6 Å². The topological polar surface area (TPSA) is 35.5 Å². The minimum atomic E-state index is -0.671. The lowest BCUT2D eigenvalue weighted by Crippen LogP contribution is -2.06. The lowest BCUT2D eigenvalue weighted by molar-refractivity contribution is -0.137. The first kappa shape index (κ1) is 15.0. The molecule has 0 aromatic heterocycles. The fraction of sp³-hybridized carbons (Fsp3) is 0.250. The summed E-state index contributed by atoms with van der Waals surface area (Å²) in [5.74, 6) is -1.03. The first-order valence-electron chi connectivity index (χ1n) is 5.13. The van der Waals surface area contributed by atoms with Gasteiger partial charge in [-0.25, -0.2) is 9.18 Å². The summed E-state index contributed by atoms with van der Waals surface area (Å²) in [4.78, 5) is 11.2. The zero-order valence-electron chi connectivity index (χ0n) is 9.58. The molecule has 0 aliphatic rings. The first-order valence-corrected chi connectivity index (χ1v) is 6.63. The summed E-state index contributed by atoms with van der Waals surface area (Å²) in [5.41, 5.74) is 0. The molecule has 0 saturated carbocycles. The van der Waals surface area contributed by atoms with Gasteiger partial charge in [-0.1, -0.05) is 33.6 Å². The molecular weight excluding hydrogens is 326 g/mol. The number of hydrogen-bond donors (Lipinski definition) is 0. The molecular formula is C12H11BrClFO3. The van der Waals surface area contributed by atoms with Gasteiger partial charge in [0, 0.05) is 0 Å². The van der Waals surface area contributed by atoms with Crippen LogP contribution in [0.15, 0.2) is 30.0 Å². The fourth-order valence-corrected chi connectivity index (χ4v) is 1.56. The van der Waals surface area contributed by atoms with E-state index in [1.807, 2.05) is 0 Å². The van der Waals surface area contributed by atoms with Crippen molar-refractivity contribution in [2.75, 3.05) is 11.9 Å². The smallest absolute Gasteiger partial charge is 0.334 e. The molecule has 0 amide bonds. The van der Waals surface area contributed by atoms with E-state index in [-0.39, 0.29) is 28.5 Å². The second kappa shape index (κ2) is 7.38. The Morgan fingerprint density at radius 2 is 2.28 bits per heavy atom. The average molecular weight is 338 g/mol. The summed E-state index contributed by atoms with van der Waals surface area (Å²) in [6, 6.07) is 4.38. The number of rotatable bonds is 5. The molecule has 1 aromatic rings. The van der Waals surface area contributed by atoms with Crippen LogP contribution in [0.4, 0.5) is 4.39 Å². The molecule has 1 rings (SSSR count). The largest absolute Gasteiger partial charge is 0.463 e. The van der Waals surface area contributed by atoms with Crippen molar-refractivity contribution in [2.24, 2.45) is 0 Å². The highest BCUT2D eigenvalue weighted by molar-refractivity contribution is 9.09. The number of ether oxygens (including phenoxy) is 2. The maximum Gasteiger partial charge on any atom is 0.334 e. The monoisotopic (exact) mass is 336 g/mol. The van der Waals surface area contributed by atoms with E-state index >= 15 is 0 Å².